The van der Waals surface area contributed by atoms with Crippen molar-refractivity contribution >= 4 is 28.4 Å². The van der Waals surface area contributed by atoms with Gasteiger partial charge in [-0.3, -0.25) is 24.4 Å². The first-order valence-corrected chi connectivity index (χ1v) is 5.91. The quantitative estimate of drug-likeness (QED) is 0.345. The van der Waals surface area contributed by atoms with Crippen LogP contribution >= 0.6 is 11.6 Å². The maximum atomic E-state index is 11.5. The van der Waals surface area contributed by atoms with Gasteiger partial charge in [0.05, 0.1) is 4.92 Å². The monoisotopic (exact) mass is 288 g/mol. The molecule has 0 aromatic carbocycles. The predicted octanol–water partition coefficient (Wildman–Crippen LogP) is 0.762. The summed E-state index contributed by atoms with van der Waals surface area (Å²) in [4.78, 5) is 32.0. The van der Waals surface area contributed by atoms with Crippen LogP contribution in [0.25, 0.3) is 0 Å². The van der Waals surface area contributed by atoms with Gasteiger partial charge in [0.15, 0.2) is 0 Å². The van der Waals surface area contributed by atoms with E-state index in [9.17, 15) is 19.7 Å². The molecule has 1 heterocycles. The Kier molecular flexibility index (Phi) is 5.43. The number of hydrogen-bond donors (Lipinski definition) is 1. The molecule has 9 heteroatoms. The molecule has 0 spiro atoms. The van der Waals surface area contributed by atoms with E-state index in [1.807, 2.05) is 0 Å². The Morgan fingerprint density at radius 2 is 2.26 bits per heavy atom. The van der Waals surface area contributed by atoms with Gasteiger partial charge in [0.2, 0.25) is 11.1 Å². The number of carbonyl (C=O) groups is 2. The number of nitro groups is 1. The van der Waals surface area contributed by atoms with E-state index in [4.69, 9.17) is 11.6 Å². The lowest BCUT2D eigenvalue weighted by Crippen LogP contribution is -2.28. The number of carbonyl (C=O) groups excluding carboxylic acids is 2. The van der Waals surface area contributed by atoms with Crippen LogP contribution in [0.1, 0.15) is 18.5 Å². The predicted molar refractivity (Wildman–Crippen MR) is 66.7 cm³/mol. The Labute approximate surface area is 113 Å². The van der Waals surface area contributed by atoms with Crippen LogP contribution < -0.4 is 5.32 Å². The highest BCUT2D eigenvalue weighted by molar-refractivity contribution is 6.63. The summed E-state index contributed by atoms with van der Waals surface area (Å²) in [5.74, 6) is -0.334. The third kappa shape index (κ3) is 5.04. The van der Waals surface area contributed by atoms with E-state index in [1.54, 1.807) is 0 Å². The summed E-state index contributed by atoms with van der Waals surface area (Å²) >= 11 is 5.14. The van der Waals surface area contributed by atoms with Gasteiger partial charge < -0.3 is 5.32 Å². The van der Waals surface area contributed by atoms with E-state index in [-0.39, 0.29) is 30.3 Å². The molecule has 0 aliphatic rings. The van der Waals surface area contributed by atoms with Crippen molar-refractivity contribution in [2.45, 2.75) is 26.3 Å². The summed E-state index contributed by atoms with van der Waals surface area (Å²) in [6.07, 6.45) is 1.84. The van der Waals surface area contributed by atoms with Crippen molar-refractivity contribution in [3.63, 3.8) is 0 Å². The number of aromatic nitrogens is 2. The van der Waals surface area contributed by atoms with Gasteiger partial charge in [-0.15, -0.1) is 0 Å². The number of halogens is 1. The summed E-state index contributed by atoms with van der Waals surface area (Å²) in [5, 5.41) is 16.6. The highest BCUT2D eigenvalue weighted by atomic mass is 35.5. The van der Waals surface area contributed by atoms with E-state index in [2.05, 4.69) is 10.4 Å². The van der Waals surface area contributed by atoms with Gasteiger partial charge >= 0.3 is 5.69 Å². The van der Waals surface area contributed by atoms with Crippen molar-refractivity contribution in [3.05, 3.63) is 22.0 Å². The average molecular weight is 289 g/mol. The minimum atomic E-state index is -0.553. The first kappa shape index (κ1) is 15.1. The second kappa shape index (κ2) is 6.83. The van der Waals surface area contributed by atoms with Crippen LogP contribution in [0.5, 0.6) is 0 Å². The lowest BCUT2D eigenvalue weighted by Gasteiger charge is -2.03. The minimum Gasteiger partial charge on any atom is -0.354 e. The zero-order chi connectivity index (χ0) is 14.4. The van der Waals surface area contributed by atoms with Gasteiger partial charge in [-0.2, -0.15) is 5.10 Å². The molecule has 1 rings (SSSR count). The van der Waals surface area contributed by atoms with Gasteiger partial charge in [-0.1, -0.05) is 0 Å². The van der Waals surface area contributed by atoms with Crippen LogP contribution in [0.3, 0.4) is 0 Å². The third-order valence-electron chi connectivity index (χ3n) is 2.30. The van der Waals surface area contributed by atoms with Crippen LogP contribution in [0.15, 0.2) is 6.20 Å². The van der Waals surface area contributed by atoms with Gasteiger partial charge in [0.25, 0.3) is 0 Å². The van der Waals surface area contributed by atoms with Crippen LogP contribution in [0, 0.1) is 17.0 Å². The number of aryl methyl sites for hydroxylation is 1. The number of rotatable bonds is 7. The van der Waals surface area contributed by atoms with Crippen molar-refractivity contribution in [3.8, 4) is 0 Å². The largest absolute Gasteiger partial charge is 0.354 e. The molecule has 1 N–H and O–H groups in total. The van der Waals surface area contributed by atoms with E-state index < -0.39 is 10.2 Å². The molecule has 1 amide bonds. The molecule has 1 aromatic heterocycles. The standard InChI is InChI=1S/C10H13ClN4O4/c1-7-8(15(18)19)5-14(13-7)6-10(17)12-4-2-3-9(11)16/h5H,2-4,6H2,1H3,(H,12,17). The molecule has 0 saturated carbocycles. The molecular weight excluding hydrogens is 276 g/mol. The molecular formula is C10H13ClN4O4. The van der Waals surface area contributed by atoms with Gasteiger partial charge in [0.1, 0.15) is 18.4 Å². The molecule has 0 atom stereocenters. The van der Waals surface area contributed by atoms with E-state index >= 15 is 0 Å². The number of nitrogens with one attached hydrogen (secondary N) is 1. The Bertz CT molecular complexity index is 500. The number of amides is 1. The second-order valence-corrected chi connectivity index (χ2v) is 4.28. The number of nitrogens with zero attached hydrogens (tertiary/aromatic N) is 3. The summed E-state index contributed by atoms with van der Waals surface area (Å²) in [5.41, 5.74) is 0.131. The SMILES string of the molecule is Cc1nn(CC(=O)NCCCC(=O)Cl)cc1[N+](=O)[O-]. The van der Waals surface area contributed by atoms with Crippen molar-refractivity contribution < 1.29 is 14.5 Å². The first-order chi connectivity index (χ1) is 8.90. The van der Waals surface area contributed by atoms with Gasteiger partial charge in [-0.05, 0) is 24.9 Å². The molecule has 19 heavy (non-hydrogen) atoms. The zero-order valence-corrected chi connectivity index (χ0v) is 11.0. The molecule has 0 saturated heterocycles. The first-order valence-electron chi connectivity index (χ1n) is 5.53. The summed E-state index contributed by atoms with van der Waals surface area (Å²) in [6, 6.07) is 0. The molecule has 1 aromatic rings. The molecule has 0 unspecified atom stereocenters. The number of hydrogen-bond acceptors (Lipinski definition) is 5. The Morgan fingerprint density at radius 1 is 1.58 bits per heavy atom. The van der Waals surface area contributed by atoms with E-state index in [0.29, 0.717) is 13.0 Å². The van der Waals surface area contributed by atoms with E-state index in [1.165, 1.54) is 17.8 Å². The molecule has 0 aliphatic carbocycles. The van der Waals surface area contributed by atoms with Crippen LogP contribution in [0.4, 0.5) is 5.69 Å². The smallest absolute Gasteiger partial charge is 0.309 e. The maximum Gasteiger partial charge on any atom is 0.309 e. The van der Waals surface area contributed by atoms with Gasteiger partial charge in [-0.25, -0.2) is 0 Å². The fraction of sp³-hybridized carbons (Fsp3) is 0.500. The minimum absolute atomic E-state index is 0.108. The third-order valence-corrected chi connectivity index (χ3v) is 2.48. The summed E-state index contributed by atoms with van der Waals surface area (Å²) in [7, 11) is 0. The van der Waals surface area contributed by atoms with Crippen LogP contribution in [0.2, 0.25) is 0 Å². The molecule has 104 valence electrons. The lowest BCUT2D eigenvalue weighted by molar-refractivity contribution is -0.385. The normalized spacial score (nSPS) is 10.2. The zero-order valence-electron chi connectivity index (χ0n) is 10.3. The average Bonchev–Trinajstić information content (AvgIpc) is 2.65. The van der Waals surface area contributed by atoms with Crippen molar-refractivity contribution in [1.29, 1.82) is 0 Å². The fourth-order valence-corrected chi connectivity index (χ4v) is 1.56. The molecule has 0 aliphatic heterocycles. The highest BCUT2D eigenvalue weighted by Gasteiger charge is 2.16. The van der Waals surface area contributed by atoms with Crippen LogP contribution in [-0.4, -0.2) is 32.4 Å². The van der Waals surface area contributed by atoms with Crippen molar-refractivity contribution in [1.82, 2.24) is 15.1 Å². The molecule has 0 bridgehead atoms. The highest BCUT2D eigenvalue weighted by Crippen LogP contribution is 2.14. The topological polar surface area (TPSA) is 107 Å². The summed E-state index contributed by atoms with van der Waals surface area (Å²) in [6.45, 7) is 1.71. The van der Waals surface area contributed by atoms with Gasteiger partial charge in [0, 0.05) is 13.0 Å². The molecule has 0 radical (unpaired) electrons. The summed E-state index contributed by atoms with van der Waals surface area (Å²) < 4.78 is 1.20. The Hall–Kier alpha value is -1.96. The molecule has 0 fully saturated rings. The Morgan fingerprint density at radius 3 is 2.79 bits per heavy atom. The Balaban J connectivity index is 2.42. The fourth-order valence-electron chi connectivity index (χ4n) is 1.43. The van der Waals surface area contributed by atoms with Crippen molar-refractivity contribution in [2.75, 3.05) is 6.54 Å². The van der Waals surface area contributed by atoms with E-state index in [0.717, 1.165) is 0 Å². The lowest BCUT2D eigenvalue weighted by atomic mass is 10.3. The second-order valence-electron chi connectivity index (χ2n) is 3.86. The van der Waals surface area contributed by atoms with Crippen molar-refractivity contribution in [2.24, 2.45) is 0 Å². The maximum absolute atomic E-state index is 11.5. The molecule has 8 nitrogen and oxygen atoms in total. The van der Waals surface area contributed by atoms with Crippen LogP contribution in [-0.2, 0) is 16.1 Å².